The second kappa shape index (κ2) is 7.10. The minimum absolute atomic E-state index is 0.739. The molecule has 100 valence electrons. The van der Waals surface area contributed by atoms with E-state index in [9.17, 15) is 0 Å². The second-order valence-corrected chi connectivity index (χ2v) is 5.52. The van der Waals surface area contributed by atoms with Crippen molar-refractivity contribution in [2.45, 2.75) is 18.2 Å². The topological polar surface area (TPSA) is 35.2 Å². The van der Waals surface area contributed by atoms with Gasteiger partial charge in [0.1, 0.15) is 5.75 Å². The van der Waals surface area contributed by atoms with Crippen LogP contribution in [0.25, 0.3) is 0 Å². The lowest BCUT2D eigenvalue weighted by Gasteiger charge is -2.07. The summed E-state index contributed by atoms with van der Waals surface area (Å²) in [6.07, 6.45) is 1.03. The number of anilines is 1. The van der Waals surface area contributed by atoms with Crippen LogP contribution < -0.4 is 10.5 Å². The van der Waals surface area contributed by atoms with Gasteiger partial charge in [-0.25, -0.2) is 0 Å². The van der Waals surface area contributed by atoms with Gasteiger partial charge < -0.3 is 10.5 Å². The summed E-state index contributed by atoms with van der Waals surface area (Å²) in [6, 6.07) is 16.0. The van der Waals surface area contributed by atoms with Crippen molar-refractivity contribution in [1.29, 1.82) is 0 Å². The van der Waals surface area contributed by atoms with Crippen molar-refractivity contribution in [2.75, 3.05) is 18.1 Å². The molecule has 0 radical (unpaired) electrons. The summed E-state index contributed by atoms with van der Waals surface area (Å²) < 4.78 is 5.66. The van der Waals surface area contributed by atoms with Crippen LogP contribution in [0.2, 0.25) is 0 Å². The number of nitrogen functional groups attached to an aromatic ring is 1. The lowest BCUT2D eigenvalue weighted by atomic mass is 10.2. The van der Waals surface area contributed by atoms with Crippen LogP contribution in [0, 0.1) is 6.92 Å². The molecule has 0 saturated heterocycles. The Balaban J connectivity index is 1.67. The van der Waals surface area contributed by atoms with E-state index in [1.54, 1.807) is 0 Å². The summed E-state index contributed by atoms with van der Waals surface area (Å²) in [6.45, 7) is 2.88. The molecular formula is C16H19NOS. The van der Waals surface area contributed by atoms with Crippen LogP contribution in [0.3, 0.4) is 0 Å². The molecule has 0 aliphatic rings. The molecule has 0 heterocycles. The zero-order valence-corrected chi connectivity index (χ0v) is 12.0. The molecule has 0 amide bonds. The maximum atomic E-state index is 5.66. The van der Waals surface area contributed by atoms with E-state index < -0.39 is 0 Å². The molecule has 0 aliphatic carbocycles. The number of aryl methyl sites for hydroxylation is 1. The second-order valence-electron chi connectivity index (χ2n) is 4.39. The van der Waals surface area contributed by atoms with Crippen LogP contribution in [0.1, 0.15) is 12.0 Å². The summed E-state index contributed by atoms with van der Waals surface area (Å²) in [5.41, 5.74) is 7.73. The SMILES string of the molecule is Cc1ccccc1SCCCOc1ccc(N)cc1. The monoisotopic (exact) mass is 273 g/mol. The van der Waals surface area contributed by atoms with E-state index in [0.717, 1.165) is 30.2 Å². The Hall–Kier alpha value is -1.61. The quantitative estimate of drug-likeness (QED) is 0.488. The highest BCUT2D eigenvalue weighted by atomic mass is 32.2. The highest BCUT2D eigenvalue weighted by Crippen LogP contribution is 2.22. The summed E-state index contributed by atoms with van der Waals surface area (Å²) in [7, 11) is 0. The Kier molecular flexibility index (Phi) is 5.16. The standard InChI is InChI=1S/C16H19NOS/c1-13-5-2-3-6-16(13)19-12-4-11-18-15-9-7-14(17)8-10-15/h2-3,5-10H,4,11-12,17H2,1H3. The molecule has 2 nitrogen and oxygen atoms in total. The Morgan fingerprint density at radius 3 is 2.53 bits per heavy atom. The first-order valence-electron chi connectivity index (χ1n) is 6.42. The van der Waals surface area contributed by atoms with Crippen molar-refractivity contribution in [2.24, 2.45) is 0 Å². The number of thioether (sulfide) groups is 1. The summed E-state index contributed by atoms with van der Waals surface area (Å²) in [4.78, 5) is 1.36. The highest BCUT2D eigenvalue weighted by Gasteiger charge is 1.98. The van der Waals surface area contributed by atoms with Crippen molar-refractivity contribution < 1.29 is 4.74 Å². The third kappa shape index (κ3) is 4.52. The van der Waals surface area contributed by atoms with E-state index in [2.05, 4.69) is 31.2 Å². The third-order valence-corrected chi connectivity index (χ3v) is 4.05. The zero-order valence-electron chi connectivity index (χ0n) is 11.1. The minimum atomic E-state index is 0.739. The lowest BCUT2D eigenvalue weighted by molar-refractivity contribution is 0.319. The number of nitrogens with two attached hydrogens (primary N) is 1. The lowest BCUT2D eigenvalue weighted by Crippen LogP contribution is -1.99. The fourth-order valence-electron chi connectivity index (χ4n) is 1.71. The first-order chi connectivity index (χ1) is 9.25. The number of ether oxygens (including phenoxy) is 1. The molecule has 0 unspecified atom stereocenters. The molecule has 0 bridgehead atoms. The summed E-state index contributed by atoms with van der Waals surface area (Å²) in [5, 5.41) is 0. The predicted octanol–water partition coefficient (Wildman–Crippen LogP) is 4.14. The third-order valence-electron chi connectivity index (χ3n) is 2.79. The molecule has 2 aromatic carbocycles. The normalized spacial score (nSPS) is 10.4. The van der Waals surface area contributed by atoms with Gasteiger partial charge in [0.05, 0.1) is 6.61 Å². The first-order valence-corrected chi connectivity index (χ1v) is 7.41. The van der Waals surface area contributed by atoms with Crippen molar-refractivity contribution in [3.05, 3.63) is 54.1 Å². The van der Waals surface area contributed by atoms with Crippen molar-refractivity contribution in [3.63, 3.8) is 0 Å². The number of hydrogen-bond acceptors (Lipinski definition) is 3. The van der Waals surface area contributed by atoms with Crippen LogP contribution >= 0.6 is 11.8 Å². The zero-order chi connectivity index (χ0) is 13.5. The van der Waals surface area contributed by atoms with Crippen LogP contribution in [-0.2, 0) is 0 Å². The molecule has 2 N–H and O–H groups in total. The summed E-state index contributed by atoms with van der Waals surface area (Å²) in [5.74, 6) is 1.95. The van der Waals surface area contributed by atoms with E-state index in [1.807, 2.05) is 36.0 Å². The van der Waals surface area contributed by atoms with Crippen molar-refractivity contribution in [1.82, 2.24) is 0 Å². The van der Waals surface area contributed by atoms with E-state index in [0.29, 0.717) is 0 Å². The van der Waals surface area contributed by atoms with Gasteiger partial charge >= 0.3 is 0 Å². The van der Waals surface area contributed by atoms with Gasteiger partial charge in [-0.05, 0) is 49.2 Å². The van der Waals surface area contributed by atoms with Gasteiger partial charge in [0, 0.05) is 16.3 Å². The maximum absolute atomic E-state index is 5.66. The van der Waals surface area contributed by atoms with Gasteiger partial charge in [0.15, 0.2) is 0 Å². The van der Waals surface area contributed by atoms with Gasteiger partial charge in [-0.1, -0.05) is 18.2 Å². The van der Waals surface area contributed by atoms with Gasteiger partial charge in [0.25, 0.3) is 0 Å². The maximum Gasteiger partial charge on any atom is 0.119 e. The van der Waals surface area contributed by atoms with Gasteiger partial charge in [-0.15, -0.1) is 11.8 Å². The minimum Gasteiger partial charge on any atom is -0.494 e. The van der Waals surface area contributed by atoms with E-state index in [4.69, 9.17) is 10.5 Å². The van der Waals surface area contributed by atoms with Crippen molar-refractivity contribution in [3.8, 4) is 5.75 Å². The average Bonchev–Trinajstić information content (AvgIpc) is 2.42. The number of hydrogen-bond donors (Lipinski definition) is 1. The average molecular weight is 273 g/mol. The molecule has 2 aromatic rings. The molecule has 0 atom stereocenters. The van der Waals surface area contributed by atoms with Gasteiger partial charge in [-0.3, -0.25) is 0 Å². The molecule has 3 heteroatoms. The number of rotatable bonds is 6. The Morgan fingerprint density at radius 2 is 1.79 bits per heavy atom. The smallest absolute Gasteiger partial charge is 0.119 e. The first kappa shape index (κ1) is 13.8. The molecule has 0 fully saturated rings. The van der Waals surface area contributed by atoms with E-state index in [1.165, 1.54) is 10.5 Å². The van der Waals surface area contributed by atoms with Crippen LogP contribution in [0.5, 0.6) is 5.75 Å². The predicted molar refractivity (Wildman–Crippen MR) is 82.9 cm³/mol. The Bertz CT molecular complexity index is 510. The van der Waals surface area contributed by atoms with Crippen LogP contribution in [-0.4, -0.2) is 12.4 Å². The van der Waals surface area contributed by atoms with Crippen molar-refractivity contribution >= 4 is 17.4 Å². The summed E-state index contributed by atoms with van der Waals surface area (Å²) >= 11 is 1.88. The highest BCUT2D eigenvalue weighted by molar-refractivity contribution is 7.99. The van der Waals surface area contributed by atoms with E-state index in [-0.39, 0.29) is 0 Å². The molecule has 0 aliphatic heterocycles. The van der Waals surface area contributed by atoms with Crippen LogP contribution in [0.15, 0.2) is 53.4 Å². The fraction of sp³-hybridized carbons (Fsp3) is 0.250. The van der Waals surface area contributed by atoms with Gasteiger partial charge in [-0.2, -0.15) is 0 Å². The fourth-order valence-corrected chi connectivity index (χ4v) is 2.67. The number of benzene rings is 2. The Morgan fingerprint density at radius 1 is 1.05 bits per heavy atom. The molecule has 0 spiro atoms. The molecule has 0 saturated carbocycles. The largest absolute Gasteiger partial charge is 0.494 e. The Labute approximate surface area is 119 Å². The van der Waals surface area contributed by atoms with Gasteiger partial charge in [0.2, 0.25) is 0 Å². The molecule has 2 rings (SSSR count). The molecule has 19 heavy (non-hydrogen) atoms. The van der Waals surface area contributed by atoms with E-state index >= 15 is 0 Å². The molecule has 0 aromatic heterocycles. The van der Waals surface area contributed by atoms with Crippen LogP contribution in [0.4, 0.5) is 5.69 Å². The molecular weight excluding hydrogens is 254 g/mol.